The summed E-state index contributed by atoms with van der Waals surface area (Å²) in [6.45, 7) is 3.09. The molecule has 0 aliphatic heterocycles. The van der Waals surface area contributed by atoms with E-state index in [0.717, 1.165) is 38.9 Å². The second kappa shape index (κ2) is 16.2. The molecule has 0 spiro atoms. The van der Waals surface area contributed by atoms with Gasteiger partial charge in [-0.1, -0.05) is 72.8 Å². The molecule has 0 aliphatic carbocycles. The summed E-state index contributed by atoms with van der Waals surface area (Å²) in [5.74, 6) is 1.54. The third kappa shape index (κ3) is 8.64. The Hall–Kier alpha value is -4.87. The van der Waals surface area contributed by atoms with E-state index in [9.17, 15) is 13.5 Å². The lowest BCUT2D eigenvalue weighted by Crippen LogP contribution is -2.29. The number of nitrogens with zero attached hydrogens (tertiary/aromatic N) is 2. The van der Waals surface area contributed by atoms with Crippen LogP contribution in [0.5, 0.6) is 11.5 Å². The van der Waals surface area contributed by atoms with Crippen LogP contribution in [0.3, 0.4) is 0 Å². The predicted octanol–water partition coefficient (Wildman–Crippen LogP) is 6.54. The molecule has 1 aromatic heterocycles. The van der Waals surface area contributed by atoms with Gasteiger partial charge in [0.05, 0.1) is 42.2 Å². The van der Waals surface area contributed by atoms with E-state index in [4.69, 9.17) is 14.2 Å². The number of anilines is 1. The summed E-state index contributed by atoms with van der Waals surface area (Å²) < 4.78 is 46.3. The minimum atomic E-state index is -3.55. The Morgan fingerprint density at radius 3 is 1.98 bits per heavy atom. The Bertz CT molecular complexity index is 2120. The van der Waals surface area contributed by atoms with Crippen LogP contribution < -0.4 is 19.1 Å². The van der Waals surface area contributed by atoms with E-state index in [1.54, 1.807) is 31.4 Å². The standard InChI is InChI=1S/C40H43N3O6S/c1-47-22-23-49-35-17-19-37-36-18-16-34(25-38(36)42(39(37)26-35)28-30-10-5-3-6-11-30)48-21-20-41-27-40(44)32-14-9-15-33(24-32)43(50(2,45)46)29-31-12-7-4-8-13-31/h3-19,24-26,40-41,44H,20-23,27-29H2,1-2H3/t40-/m0/s1. The first-order valence-corrected chi connectivity index (χ1v) is 18.5. The van der Waals surface area contributed by atoms with Crippen molar-refractivity contribution in [2.75, 3.05) is 50.6 Å². The van der Waals surface area contributed by atoms with Crippen molar-refractivity contribution in [3.8, 4) is 11.5 Å². The van der Waals surface area contributed by atoms with Crippen LogP contribution in [-0.4, -0.2) is 64.4 Å². The summed E-state index contributed by atoms with van der Waals surface area (Å²) in [6, 6.07) is 39.2. The molecule has 1 atom stereocenters. The molecule has 0 amide bonds. The lowest BCUT2D eigenvalue weighted by molar-refractivity contribution is 0.146. The number of benzene rings is 5. The molecule has 6 rings (SSSR count). The normalized spacial score (nSPS) is 12.3. The molecule has 260 valence electrons. The number of hydrogen-bond acceptors (Lipinski definition) is 7. The Morgan fingerprint density at radius 2 is 1.36 bits per heavy atom. The summed E-state index contributed by atoms with van der Waals surface area (Å²) in [7, 11) is -1.89. The van der Waals surface area contributed by atoms with Gasteiger partial charge in [-0.25, -0.2) is 8.42 Å². The number of methoxy groups -OCH3 is 1. The number of aliphatic hydroxyl groups is 1. The highest BCUT2D eigenvalue weighted by Gasteiger charge is 2.20. The van der Waals surface area contributed by atoms with E-state index in [0.29, 0.717) is 44.2 Å². The zero-order valence-corrected chi connectivity index (χ0v) is 29.2. The monoisotopic (exact) mass is 693 g/mol. The van der Waals surface area contributed by atoms with Gasteiger partial charge < -0.3 is 29.2 Å². The summed E-state index contributed by atoms with van der Waals surface area (Å²) in [5, 5.41) is 16.5. The fraction of sp³-hybridized carbons (Fsp3) is 0.250. The number of rotatable bonds is 17. The quantitative estimate of drug-likeness (QED) is 0.105. The average Bonchev–Trinajstić information content (AvgIpc) is 3.42. The topological polar surface area (TPSA) is 102 Å². The minimum Gasteiger partial charge on any atom is -0.492 e. The predicted molar refractivity (Wildman–Crippen MR) is 200 cm³/mol. The molecule has 0 fully saturated rings. The fourth-order valence-corrected chi connectivity index (χ4v) is 6.93. The number of ether oxygens (including phenoxy) is 3. The highest BCUT2D eigenvalue weighted by atomic mass is 32.2. The molecule has 1 heterocycles. The van der Waals surface area contributed by atoms with Crippen LogP contribution in [0.15, 0.2) is 121 Å². The maximum atomic E-state index is 12.7. The molecule has 0 bridgehead atoms. The third-order valence-corrected chi connectivity index (χ3v) is 9.69. The molecule has 0 saturated heterocycles. The number of nitrogens with one attached hydrogen (secondary N) is 1. The van der Waals surface area contributed by atoms with Crippen LogP contribution in [0, 0.1) is 0 Å². The van der Waals surface area contributed by atoms with Gasteiger partial charge >= 0.3 is 0 Å². The molecule has 50 heavy (non-hydrogen) atoms. The van der Waals surface area contributed by atoms with Crippen LogP contribution >= 0.6 is 0 Å². The SMILES string of the molecule is COCCOc1ccc2c3ccc(OCCNC[C@H](O)c4cccc(N(Cc5ccccc5)S(C)(=O)=O)c4)cc3n(Cc3ccccc3)c2c1. The van der Waals surface area contributed by atoms with Gasteiger partial charge in [0.15, 0.2) is 0 Å². The molecule has 0 aliphatic rings. The van der Waals surface area contributed by atoms with Gasteiger partial charge in [-0.2, -0.15) is 0 Å². The maximum absolute atomic E-state index is 12.7. The third-order valence-electron chi connectivity index (χ3n) is 8.55. The molecule has 2 N–H and O–H groups in total. The first kappa shape index (κ1) is 35.0. The van der Waals surface area contributed by atoms with Crippen LogP contribution in [0.4, 0.5) is 5.69 Å². The number of hydrogen-bond donors (Lipinski definition) is 2. The summed E-state index contributed by atoms with van der Waals surface area (Å²) in [6.07, 6.45) is 0.360. The van der Waals surface area contributed by atoms with E-state index in [1.165, 1.54) is 16.1 Å². The Labute approximate surface area is 293 Å². The minimum absolute atomic E-state index is 0.206. The van der Waals surface area contributed by atoms with Gasteiger partial charge in [-0.15, -0.1) is 0 Å². The van der Waals surface area contributed by atoms with E-state index in [-0.39, 0.29) is 13.1 Å². The Kier molecular flexibility index (Phi) is 11.3. The van der Waals surface area contributed by atoms with E-state index < -0.39 is 16.1 Å². The highest BCUT2D eigenvalue weighted by Crippen LogP contribution is 2.34. The summed E-state index contributed by atoms with van der Waals surface area (Å²) in [4.78, 5) is 0. The number of sulfonamides is 1. The van der Waals surface area contributed by atoms with E-state index >= 15 is 0 Å². The van der Waals surface area contributed by atoms with Gasteiger partial charge in [0.2, 0.25) is 10.0 Å². The van der Waals surface area contributed by atoms with Crippen LogP contribution in [-0.2, 0) is 27.8 Å². The summed E-state index contributed by atoms with van der Waals surface area (Å²) >= 11 is 0. The number of fused-ring (bicyclic) bond motifs is 3. The van der Waals surface area contributed by atoms with E-state index in [2.05, 4.69) is 46.3 Å². The van der Waals surface area contributed by atoms with Crippen molar-refractivity contribution < 1.29 is 27.7 Å². The summed E-state index contributed by atoms with van der Waals surface area (Å²) in [5.41, 5.74) is 5.34. The molecule has 10 heteroatoms. The van der Waals surface area contributed by atoms with Crippen LogP contribution in [0.2, 0.25) is 0 Å². The molecule has 6 aromatic rings. The van der Waals surface area contributed by atoms with Crippen molar-refractivity contribution in [1.82, 2.24) is 9.88 Å². The van der Waals surface area contributed by atoms with Gasteiger partial charge in [0, 0.05) is 49.6 Å². The van der Waals surface area contributed by atoms with Crippen LogP contribution in [0.1, 0.15) is 22.8 Å². The Balaban J connectivity index is 1.11. The first-order valence-electron chi connectivity index (χ1n) is 16.6. The van der Waals surface area contributed by atoms with Gasteiger partial charge in [-0.05, 0) is 53.1 Å². The van der Waals surface area contributed by atoms with Crippen molar-refractivity contribution in [1.29, 1.82) is 0 Å². The van der Waals surface area contributed by atoms with Crippen molar-refractivity contribution >= 4 is 37.5 Å². The number of aliphatic hydroxyl groups excluding tert-OH is 1. The second-order valence-electron chi connectivity index (χ2n) is 12.2. The van der Waals surface area contributed by atoms with Crippen molar-refractivity contribution in [3.63, 3.8) is 0 Å². The van der Waals surface area contributed by atoms with Crippen molar-refractivity contribution in [2.24, 2.45) is 0 Å². The molecule has 0 unspecified atom stereocenters. The van der Waals surface area contributed by atoms with Crippen molar-refractivity contribution in [2.45, 2.75) is 19.2 Å². The number of aromatic nitrogens is 1. The average molecular weight is 694 g/mol. The fourth-order valence-electron chi connectivity index (χ4n) is 6.05. The first-order chi connectivity index (χ1) is 24.3. The second-order valence-corrected chi connectivity index (χ2v) is 14.1. The molecular weight excluding hydrogens is 651 g/mol. The Morgan fingerprint density at radius 1 is 0.740 bits per heavy atom. The van der Waals surface area contributed by atoms with Gasteiger partial charge in [0.1, 0.15) is 24.7 Å². The van der Waals surface area contributed by atoms with Gasteiger partial charge in [0.25, 0.3) is 0 Å². The molecule has 9 nitrogen and oxygen atoms in total. The zero-order valence-electron chi connectivity index (χ0n) is 28.4. The zero-order chi connectivity index (χ0) is 34.9. The van der Waals surface area contributed by atoms with Gasteiger partial charge in [-0.3, -0.25) is 4.31 Å². The highest BCUT2D eigenvalue weighted by molar-refractivity contribution is 7.92. The lowest BCUT2D eigenvalue weighted by atomic mass is 10.1. The largest absolute Gasteiger partial charge is 0.492 e. The molecule has 0 radical (unpaired) electrons. The van der Waals surface area contributed by atoms with Crippen LogP contribution in [0.25, 0.3) is 21.8 Å². The smallest absolute Gasteiger partial charge is 0.232 e. The van der Waals surface area contributed by atoms with E-state index in [1.807, 2.05) is 60.7 Å². The molecule has 5 aromatic carbocycles. The maximum Gasteiger partial charge on any atom is 0.232 e. The molecular formula is C40H43N3O6S. The molecule has 0 saturated carbocycles. The lowest BCUT2D eigenvalue weighted by Gasteiger charge is -2.24. The van der Waals surface area contributed by atoms with Crippen molar-refractivity contribution in [3.05, 3.63) is 138 Å².